The lowest BCUT2D eigenvalue weighted by atomic mass is 9.98. The molecule has 0 unspecified atom stereocenters. The lowest BCUT2D eigenvalue weighted by Crippen LogP contribution is -2.53. The first-order valence-corrected chi connectivity index (χ1v) is 8.12. The van der Waals surface area contributed by atoms with Crippen molar-refractivity contribution in [1.29, 1.82) is 0 Å². The molecule has 1 heterocycles. The number of rotatable bonds is 5. The topological polar surface area (TPSA) is 49.4 Å². The van der Waals surface area contributed by atoms with Crippen LogP contribution in [-0.2, 0) is 9.59 Å². The Labute approximate surface area is 147 Å². The molecule has 0 aliphatic carbocycles. The molecule has 0 radical (unpaired) electrons. The molecule has 1 saturated heterocycles. The Morgan fingerprint density at radius 2 is 1.96 bits per heavy atom. The van der Waals surface area contributed by atoms with Gasteiger partial charge in [0.2, 0.25) is 0 Å². The van der Waals surface area contributed by atoms with Crippen LogP contribution in [0.5, 0.6) is 0 Å². The van der Waals surface area contributed by atoms with Crippen LogP contribution in [-0.4, -0.2) is 28.4 Å². The summed E-state index contributed by atoms with van der Waals surface area (Å²) in [5, 5.41) is 2.67. The van der Waals surface area contributed by atoms with Gasteiger partial charge in [-0.2, -0.15) is 0 Å². The number of carbonyl (C=O) groups is 2. The van der Waals surface area contributed by atoms with Gasteiger partial charge in [0.25, 0.3) is 11.8 Å². The van der Waals surface area contributed by atoms with E-state index in [1.165, 1.54) is 4.90 Å². The van der Waals surface area contributed by atoms with Crippen molar-refractivity contribution in [2.75, 3.05) is 6.54 Å². The zero-order valence-electron chi connectivity index (χ0n) is 13.8. The second-order valence-electron chi connectivity index (χ2n) is 5.75. The number of benzene rings is 1. The van der Waals surface area contributed by atoms with Gasteiger partial charge in [0, 0.05) is 6.54 Å². The first kappa shape index (κ1) is 17.8. The maximum atomic E-state index is 12.6. The van der Waals surface area contributed by atoms with Gasteiger partial charge in [-0.3, -0.25) is 19.8 Å². The lowest BCUT2D eigenvalue weighted by molar-refractivity contribution is -0.128. The van der Waals surface area contributed by atoms with E-state index in [1.807, 2.05) is 50.3 Å². The third kappa shape index (κ3) is 4.06. The zero-order chi connectivity index (χ0) is 17.7. The Kier molecular flexibility index (Phi) is 5.82. The molecule has 24 heavy (non-hydrogen) atoms. The van der Waals surface area contributed by atoms with Crippen LogP contribution in [0.4, 0.5) is 0 Å². The number of amides is 2. The Hall–Kier alpha value is -2.53. The van der Waals surface area contributed by atoms with E-state index in [-0.39, 0.29) is 23.1 Å². The van der Waals surface area contributed by atoms with E-state index in [0.717, 1.165) is 11.1 Å². The Bertz CT molecular complexity index is 733. The SMILES string of the molecule is C=CCN1C(=O)/C(=C/C(=C/C(C)C)c2ccccc2)C(=O)NC1=S. The number of hydrogen-bond acceptors (Lipinski definition) is 3. The molecule has 5 heteroatoms. The highest BCUT2D eigenvalue weighted by Crippen LogP contribution is 2.22. The molecule has 4 nitrogen and oxygen atoms in total. The molecular formula is C19H20N2O2S. The summed E-state index contributed by atoms with van der Waals surface area (Å²) < 4.78 is 0. The quantitative estimate of drug-likeness (QED) is 0.388. The van der Waals surface area contributed by atoms with Gasteiger partial charge in [0.15, 0.2) is 5.11 Å². The minimum atomic E-state index is -0.476. The molecule has 0 bridgehead atoms. The summed E-state index contributed by atoms with van der Waals surface area (Å²) in [5.74, 6) is -0.616. The van der Waals surface area contributed by atoms with E-state index in [0.29, 0.717) is 0 Å². The highest BCUT2D eigenvalue weighted by molar-refractivity contribution is 7.80. The fraction of sp³-hybridized carbons (Fsp3) is 0.211. The van der Waals surface area contributed by atoms with Gasteiger partial charge in [-0.1, -0.05) is 56.3 Å². The van der Waals surface area contributed by atoms with E-state index in [2.05, 4.69) is 11.9 Å². The summed E-state index contributed by atoms with van der Waals surface area (Å²) in [5.41, 5.74) is 1.85. The zero-order valence-corrected chi connectivity index (χ0v) is 14.6. The van der Waals surface area contributed by atoms with E-state index >= 15 is 0 Å². The van der Waals surface area contributed by atoms with Crippen molar-refractivity contribution < 1.29 is 9.59 Å². The van der Waals surface area contributed by atoms with Gasteiger partial charge in [-0.05, 0) is 35.3 Å². The summed E-state index contributed by atoms with van der Waals surface area (Å²) in [6, 6.07) is 9.66. The number of thiocarbonyl (C=S) groups is 1. The second-order valence-corrected chi connectivity index (χ2v) is 6.14. The minimum Gasteiger partial charge on any atom is -0.298 e. The van der Waals surface area contributed by atoms with Crippen LogP contribution < -0.4 is 5.32 Å². The first-order chi connectivity index (χ1) is 11.4. The molecule has 0 saturated carbocycles. The fourth-order valence-corrected chi connectivity index (χ4v) is 2.61. The Morgan fingerprint density at radius 1 is 1.29 bits per heavy atom. The van der Waals surface area contributed by atoms with Crippen molar-refractivity contribution in [1.82, 2.24) is 10.2 Å². The predicted molar refractivity (Wildman–Crippen MR) is 100.0 cm³/mol. The van der Waals surface area contributed by atoms with Gasteiger partial charge in [0.05, 0.1) is 0 Å². The molecule has 1 fully saturated rings. The number of nitrogens with zero attached hydrogens (tertiary/aromatic N) is 1. The molecule has 124 valence electrons. The van der Waals surface area contributed by atoms with Crippen LogP contribution in [0.2, 0.25) is 0 Å². The third-order valence-electron chi connectivity index (χ3n) is 3.42. The van der Waals surface area contributed by atoms with Crippen molar-refractivity contribution in [3.8, 4) is 0 Å². The highest BCUT2D eigenvalue weighted by Gasteiger charge is 2.32. The van der Waals surface area contributed by atoms with Crippen LogP contribution in [0.25, 0.3) is 5.57 Å². The monoisotopic (exact) mass is 340 g/mol. The van der Waals surface area contributed by atoms with Crippen LogP contribution in [0.1, 0.15) is 19.4 Å². The van der Waals surface area contributed by atoms with Gasteiger partial charge < -0.3 is 0 Å². The summed E-state index contributed by atoms with van der Waals surface area (Å²) in [6.07, 6.45) is 5.22. The molecule has 0 atom stereocenters. The molecule has 2 rings (SSSR count). The number of hydrogen-bond donors (Lipinski definition) is 1. The van der Waals surface area contributed by atoms with Crippen molar-refractivity contribution in [2.45, 2.75) is 13.8 Å². The van der Waals surface area contributed by atoms with E-state index < -0.39 is 11.8 Å². The predicted octanol–water partition coefficient (Wildman–Crippen LogP) is 3.08. The van der Waals surface area contributed by atoms with Crippen molar-refractivity contribution in [3.63, 3.8) is 0 Å². The second kappa shape index (κ2) is 7.84. The maximum Gasteiger partial charge on any atom is 0.265 e. The molecular weight excluding hydrogens is 320 g/mol. The van der Waals surface area contributed by atoms with Crippen molar-refractivity contribution >= 4 is 34.7 Å². The van der Waals surface area contributed by atoms with Crippen LogP contribution in [0, 0.1) is 5.92 Å². The number of allylic oxidation sites excluding steroid dienone is 3. The standard InChI is InChI=1S/C19H20N2O2S/c1-4-10-21-18(23)16(17(22)20-19(21)24)12-15(11-13(2)3)14-8-6-5-7-9-14/h4-9,11-13H,1,10H2,2-3H3,(H,20,22,24)/b15-11-,16-12+. The average molecular weight is 340 g/mol. The minimum absolute atomic E-state index is 0.0706. The van der Waals surface area contributed by atoms with E-state index in [9.17, 15) is 9.59 Å². The maximum absolute atomic E-state index is 12.6. The van der Waals surface area contributed by atoms with E-state index in [1.54, 1.807) is 12.2 Å². The smallest absolute Gasteiger partial charge is 0.265 e. The first-order valence-electron chi connectivity index (χ1n) is 7.71. The highest BCUT2D eigenvalue weighted by atomic mass is 32.1. The molecule has 1 N–H and O–H groups in total. The molecule has 1 aromatic rings. The van der Waals surface area contributed by atoms with Crippen LogP contribution in [0.15, 0.2) is 60.7 Å². The summed E-state index contributed by atoms with van der Waals surface area (Å²) in [6.45, 7) is 7.96. The average Bonchev–Trinajstić information content (AvgIpc) is 2.54. The Balaban J connectivity index is 2.47. The Morgan fingerprint density at radius 3 is 2.54 bits per heavy atom. The summed E-state index contributed by atoms with van der Waals surface area (Å²) in [7, 11) is 0. The summed E-state index contributed by atoms with van der Waals surface area (Å²) >= 11 is 5.06. The molecule has 1 aliphatic rings. The number of nitrogens with one attached hydrogen (secondary N) is 1. The molecule has 1 aliphatic heterocycles. The number of carbonyl (C=O) groups excluding carboxylic acids is 2. The van der Waals surface area contributed by atoms with Crippen molar-refractivity contribution in [3.05, 3.63) is 66.3 Å². The van der Waals surface area contributed by atoms with Crippen molar-refractivity contribution in [2.24, 2.45) is 5.92 Å². The van der Waals surface area contributed by atoms with E-state index in [4.69, 9.17) is 12.2 Å². The van der Waals surface area contributed by atoms with Gasteiger partial charge in [0.1, 0.15) is 5.57 Å². The summed E-state index contributed by atoms with van der Waals surface area (Å²) in [4.78, 5) is 26.2. The molecule has 1 aromatic carbocycles. The largest absolute Gasteiger partial charge is 0.298 e. The third-order valence-corrected chi connectivity index (χ3v) is 3.74. The molecule has 2 amide bonds. The lowest BCUT2D eigenvalue weighted by Gasteiger charge is -2.28. The normalized spacial score (nSPS) is 17.5. The van der Waals surface area contributed by atoms with Crippen LogP contribution >= 0.6 is 12.2 Å². The fourth-order valence-electron chi connectivity index (χ4n) is 2.36. The molecule has 0 aromatic heterocycles. The van der Waals surface area contributed by atoms with Gasteiger partial charge >= 0.3 is 0 Å². The van der Waals surface area contributed by atoms with Gasteiger partial charge in [-0.25, -0.2) is 0 Å². The molecule has 0 spiro atoms. The van der Waals surface area contributed by atoms with Crippen LogP contribution in [0.3, 0.4) is 0 Å². The van der Waals surface area contributed by atoms with Gasteiger partial charge in [-0.15, -0.1) is 6.58 Å².